The fraction of sp³-hybridized carbons (Fsp3) is 0.750. The van der Waals surface area contributed by atoms with Gasteiger partial charge in [0.05, 0.1) is 29.9 Å². The van der Waals surface area contributed by atoms with Gasteiger partial charge in [-0.1, -0.05) is 0 Å². The van der Waals surface area contributed by atoms with Crippen LogP contribution in [0, 0.1) is 6.92 Å². The average molecular weight is 322 g/mol. The maximum absolute atomic E-state index is 12.1. The molecule has 0 aromatic carbocycles. The second kappa shape index (κ2) is 6.28. The molecule has 128 valence electrons. The molecule has 1 unspecified atom stereocenters. The highest BCUT2D eigenvalue weighted by Crippen LogP contribution is 2.42. The summed E-state index contributed by atoms with van der Waals surface area (Å²) in [5, 5.41) is 4.38. The Labute approximate surface area is 138 Å². The van der Waals surface area contributed by atoms with Gasteiger partial charge in [0, 0.05) is 19.1 Å². The molecule has 1 aliphatic rings. The Kier molecular flexibility index (Phi) is 4.92. The second-order valence-electron chi connectivity index (χ2n) is 7.08. The Morgan fingerprint density at radius 2 is 1.91 bits per heavy atom. The Hall–Kier alpha value is -1.34. The SMILES string of the molecule is CCOC(=O)CC(B1OC(C)(C)C(C)(C)O1)c1cn(C)nc1C. The van der Waals surface area contributed by atoms with Crippen LogP contribution in [0.2, 0.25) is 0 Å². The molecule has 0 spiro atoms. The standard InChI is InChI=1S/C16H27BN2O4/c1-8-21-14(20)9-13(12-10-19(7)18-11(12)2)17-22-15(3,4)16(5,6)23-17/h10,13H,8-9H2,1-7H3. The van der Waals surface area contributed by atoms with E-state index in [0.29, 0.717) is 6.61 Å². The Morgan fingerprint density at radius 1 is 1.35 bits per heavy atom. The van der Waals surface area contributed by atoms with Crippen LogP contribution in [0.1, 0.15) is 58.1 Å². The molecule has 7 heteroatoms. The third kappa shape index (κ3) is 3.61. The number of hydrogen-bond acceptors (Lipinski definition) is 5. The second-order valence-corrected chi connectivity index (χ2v) is 7.08. The molecule has 0 N–H and O–H groups in total. The normalized spacial score (nSPS) is 20.6. The van der Waals surface area contributed by atoms with Crippen LogP contribution in [-0.4, -0.2) is 40.7 Å². The molecule has 0 aliphatic carbocycles. The fourth-order valence-electron chi connectivity index (χ4n) is 2.79. The van der Waals surface area contributed by atoms with Gasteiger partial charge in [0.1, 0.15) is 0 Å². The first-order valence-corrected chi connectivity index (χ1v) is 8.09. The van der Waals surface area contributed by atoms with E-state index in [-0.39, 0.29) is 18.2 Å². The first-order valence-electron chi connectivity index (χ1n) is 8.09. The largest absolute Gasteiger partial charge is 0.466 e. The minimum atomic E-state index is -0.507. The van der Waals surface area contributed by atoms with Crippen LogP contribution < -0.4 is 0 Å². The maximum Gasteiger partial charge on any atom is 0.466 e. The third-order valence-electron chi connectivity index (χ3n) is 4.74. The highest BCUT2D eigenvalue weighted by Gasteiger charge is 2.54. The molecule has 1 fully saturated rings. The van der Waals surface area contributed by atoms with Gasteiger partial charge in [-0.3, -0.25) is 9.48 Å². The summed E-state index contributed by atoms with van der Waals surface area (Å²) < 4.78 is 19.2. The van der Waals surface area contributed by atoms with Crippen LogP contribution >= 0.6 is 0 Å². The van der Waals surface area contributed by atoms with Gasteiger partial charge in [-0.05, 0) is 47.1 Å². The molecule has 1 aliphatic heterocycles. The van der Waals surface area contributed by atoms with Crippen molar-refractivity contribution < 1.29 is 18.8 Å². The Morgan fingerprint density at radius 3 is 2.35 bits per heavy atom. The number of carbonyl (C=O) groups excluding carboxylic acids is 1. The van der Waals surface area contributed by atoms with E-state index in [1.54, 1.807) is 11.6 Å². The van der Waals surface area contributed by atoms with Crippen LogP contribution in [-0.2, 0) is 25.9 Å². The summed E-state index contributed by atoms with van der Waals surface area (Å²) in [5.41, 5.74) is 0.942. The van der Waals surface area contributed by atoms with Crippen molar-refractivity contribution in [2.24, 2.45) is 7.05 Å². The zero-order valence-corrected chi connectivity index (χ0v) is 15.2. The van der Waals surface area contributed by atoms with Crippen LogP contribution in [0.5, 0.6) is 0 Å². The van der Waals surface area contributed by atoms with Crippen molar-refractivity contribution >= 4 is 13.1 Å². The number of nitrogens with zero attached hydrogens (tertiary/aromatic N) is 2. The molecule has 2 heterocycles. The van der Waals surface area contributed by atoms with Crippen LogP contribution in [0.3, 0.4) is 0 Å². The molecule has 0 amide bonds. The highest BCUT2D eigenvalue weighted by atomic mass is 16.7. The Balaban J connectivity index is 2.31. The van der Waals surface area contributed by atoms with Gasteiger partial charge in [0.15, 0.2) is 0 Å². The molecule has 1 aromatic rings. The minimum Gasteiger partial charge on any atom is -0.466 e. The molecule has 0 bridgehead atoms. The number of aryl methyl sites for hydroxylation is 2. The lowest BCUT2D eigenvalue weighted by molar-refractivity contribution is -0.143. The fourth-order valence-corrected chi connectivity index (χ4v) is 2.79. The first kappa shape index (κ1) is 18.0. The zero-order valence-electron chi connectivity index (χ0n) is 15.2. The lowest BCUT2D eigenvalue weighted by Gasteiger charge is -2.32. The number of esters is 1. The van der Waals surface area contributed by atoms with Crippen molar-refractivity contribution in [1.82, 2.24) is 9.78 Å². The van der Waals surface area contributed by atoms with E-state index < -0.39 is 18.3 Å². The monoisotopic (exact) mass is 322 g/mol. The van der Waals surface area contributed by atoms with Gasteiger partial charge in [-0.15, -0.1) is 0 Å². The smallest absolute Gasteiger partial charge is 0.466 e. The molecule has 0 saturated carbocycles. The summed E-state index contributed by atoms with van der Waals surface area (Å²) >= 11 is 0. The van der Waals surface area contributed by atoms with Crippen molar-refractivity contribution in [2.45, 2.75) is 65.0 Å². The lowest BCUT2D eigenvalue weighted by Crippen LogP contribution is -2.41. The van der Waals surface area contributed by atoms with E-state index in [1.165, 1.54) is 0 Å². The van der Waals surface area contributed by atoms with Crippen LogP contribution in [0.15, 0.2) is 6.20 Å². The van der Waals surface area contributed by atoms with Gasteiger partial charge in [-0.2, -0.15) is 5.10 Å². The first-order chi connectivity index (χ1) is 10.6. The highest BCUT2D eigenvalue weighted by molar-refractivity contribution is 6.48. The summed E-state index contributed by atoms with van der Waals surface area (Å²) in [7, 11) is 1.36. The van der Waals surface area contributed by atoms with Gasteiger partial charge in [0.2, 0.25) is 0 Å². The molecule has 2 rings (SSSR count). The summed E-state index contributed by atoms with van der Waals surface area (Å²) in [6.07, 6.45) is 2.13. The van der Waals surface area contributed by atoms with Gasteiger partial charge in [0.25, 0.3) is 0 Å². The summed E-state index contributed by atoms with van der Waals surface area (Å²) in [4.78, 5) is 12.1. The predicted octanol–water partition coefficient (Wildman–Crippen LogP) is 2.40. The molecular formula is C16H27BN2O4. The van der Waals surface area contributed by atoms with Crippen molar-refractivity contribution in [3.05, 3.63) is 17.5 Å². The number of aromatic nitrogens is 2. The maximum atomic E-state index is 12.1. The van der Waals surface area contributed by atoms with E-state index in [0.717, 1.165) is 11.3 Å². The van der Waals surface area contributed by atoms with Gasteiger partial charge < -0.3 is 14.0 Å². The molecule has 1 saturated heterocycles. The molecule has 23 heavy (non-hydrogen) atoms. The van der Waals surface area contributed by atoms with Gasteiger partial charge in [-0.25, -0.2) is 0 Å². The summed E-state index contributed by atoms with van der Waals surface area (Å²) in [6, 6.07) is 0. The van der Waals surface area contributed by atoms with Crippen molar-refractivity contribution in [2.75, 3.05) is 6.61 Å². The van der Waals surface area contributed by atoms with Gasteiger partial charge >= 0.3 is 13.1 Å². The molecule has 0 radical (unpaired) electrons. The van der Waals surface area contributed by atoms with Crippen LogP contribution in [0.4, 0.5) is 0 Å². The quantitative estimate of drug-likeness (QED) is 0.615. The van der Waals surface area contributed by atoms with Crippen LogP contribution in [0.25, 0.3) is 0 Å². The van der Waals surface area contributed by atoms with E-state index in [2.05, 4.69) is 5.10 Å². The van der Waals surface area contributed by atoms with Crippen molar-refractivity contribution in [3.63, 3.8) is 0 Å². The topological polar surface area (TPSA) is 62.6 Å². The van der Waals surface area contributed by atoms with E-state index in [4.69, 9.17) is 14.0 Å². The number of ether oxygens (including phenoxy) is 1. The number of carbonyl (C=O) groups is 1. The van der Waals surface area contributed by atoms with Crippen molar-refractivity contribution in [3.8, 4) is 0 Å². The minimum absolute atomic E-state index is 0.206. The lowest BCUT2D eigenvalue weighted by atomic mass is 9.66. The molecule has 6 nitrogen and oxygen atoms in total. The molecule has 1 aromatic heterocycles. The molecular weight excluding hydrogens is 295 g/mol. The average Bonchev–Trinajstić information content (AvgIpc) is 2.83. The number of hydrogen-bond donors (Lipinski definition) is 0. The van der Waals surface area contributed by atoms with Crippen molar-refractivity contribution in [1.29, 1.82) is 0 Å². The summed E-state index contributed by atoms with van der Waals surface area (Å²) in [6.45, 7) is 12.1. The third-order valence-corrected chi connectivity index (χ3v) is 4.74. The Bertz CT molecular complexity index is 567. The van der Waals surface area contributed by atoms with E-state index in [9.17, 15) is 4.79 Å². The zero-order chi connectivity index (χ0) is 17.4. The van der Waals surface area contributed by atoms with E-state index in [1.807, 2.05) is 47.9 Å². The molecule has 1 atom stereocenters. The summed E-state index contributed by atoms with van der Waals surface area (Å²) in [5.74, 6) is -0.501. The predicted molar refractivity (Wildman–Crippen MR) is 88.0 cm³/mol. The van der Waals surface area contributed by atoms with E-state index >= 15 is 0 Å². The number of rotatable bonds is 5.